The van der Waals surface area contributed by atoms with Crippen LogP contribution in [0, 0.1) is 5.92 Å². The molecule has 2 aromatic carbocycles. The molecule has 0 unspecified atom stereocenters. The molecule has 0 fully saturated rings. The molecule has 0 saturated carbocycles. The second kappa shape index (κ2) is 7.35. The summed E-state index contributed by atoms with van der Waals surface area (Å²) in [5, 5.41) is 10.6. The first-order valence-electron chi connectivity index (χ1n) is 8.27. The number of ether oxygens (including phenoxy) is 2. The van der Waals surface area contributed by atoms with E-state index in [1.54, 1.807) is 55.8 Å². The Hall–Kier alpha value is -3.21. The summed E-state index contributed by atoms with van der Waals surface area (Å²) >= 11 is 0. The number of hydrogen-bond donors (Lipinski definition) is 1. The third-order valence-electron chi connectivity index (χ3n) is 3.84. The van der Waals surface area contributed by atoms with Gasteiger partial charge in [0.25, 0.3) is 0 Å². The molecule has 0 aliphatic carbocycles. The van der Waals surface area contributed by atoms with Gasteiger partial charge in [-0.05, 0) is 36.3 Å². The van der Waals surface area contributed by atoms with Crippen molar-refractivity contribution in [2.45, 2.75) is 13.8 Å². The summed E-state index contributed by atoms with van der Waals surface area (Å²) in [7, 11) is 1.55. The molecule has 0 saturated heterocycles. The van der Waals surface area contributed by atoms with Gasteiger partial charge < -0.3 is 19.0 Å². The minimum Gasteiger partial charge on any atom is -0.502 e. The minimum absolute atomic E-state index is 0.0938. The number of hydrogen-bond acceptors (Lipinski definition) is 5. The lowest BCUT2D eigenvalue weighted by molar-refractivity contribution is 0.414. The lowest BCUT2D eigenvalue weighted by Gasteiger charge is -2.08. The molecule has 134 valence electrons. The summed E-state index contributed by atoms with van der Waals surface area (Å²) in [5.74, 6) is 1.17. The van der Waals surface area contributed by atoms with Crippen LogP contribution in [-0.2, 0) is 0 Å². The van der Waals surface area contributed by atoms with E-state index in [0.29, 0.717) is 28.6 Å². The summed E-state index contributed by atoms with van der Waals surface area (Å²) in [4.78, 5) is 12.5. The van der Waals surface area contributed by atoms with Gasteiger partial charge in [0.15, 0.2) is 5.76 Å². The maximum absolute atomic E-state index is 12.5. The number of aromatic hydroxyl groups is 1. The zero-order valence-corrected chi connectivity index (χ0v) is 14.9. The zero-order valence-electron chi connectivity index (χ0n) is 14.9. The molecule has 0 amide bonds. The Morgan fingerprint density at radius 1 is 1.12 bits per heavy atom. The van der Waals surface area contributed by atoms with Gasteiger partial charge in [-0.3, -0.25) is 4.79 Å². The quantitative estimate of drug-likeness (QED) is 0.673. The summed E-state index contributed by atoms with van der Waals surface area (Å²) in [6.07, 6.45) is 3.52. The van der Waals surface area contributed by atoms with Crippen LogP contribution in [0.15, 0.2) is 64.0 Å². The van der Waals surface area contributed by atoms with E-state index in [2.05, 4.69) is 0 Å². The van der Waals surface area contributed by atoms with Gasteiger partial charge in [0.05, 0.1) is 18.8 Å². The Bertz CT molecular complexity index is 1010. The Labute approximate surface area is 151 Å². The van der Waals surface area contributed by atoms with Crippen molar-refractivity contribution in [3.05, 3.63) is 65.0 Å². The maximum atomic E-state index is 12.5. The lowest BCUT2D eigenvalue weighted by atomic mass is 10.1. The van der Waals surface area contributed by atoms with E-state index in [0.717, 1.165) is 0 Å². The molecule has 0 radical (unpaired) electrons. The van der Waals surface area contributed by atoms with Crippen molar-refractivity contribution in [1.29, 1.82) is 0 Å². The fraction of sp³-hybridized carbons (Fsp3) is 0.190. The second-order valence-corrected chi connectivity index (χ2v) is 6.19. The first kappa shape index (κ1) is 17.6. The standard InChI is InChI=1S/C21H20O5/c1-13(2)9-10-25-16-7-8-17-18(12-16)26-21(20(23)19(17)22)14-5-4-6-15(11-14)24-3/h4-13,23H,1-3H3. The fourth-order valence-corrected chi connectivity index (χ4v) is 2.47. The van der Waals surface area contributed by atoms with Crippen molar-refractivity contribution in [3.63, 3.8) is 0 Å². The predicted molar refractivity (Wildman–Crippen MR) is 101 cm³/mol. The smallest absolute Gasteiger partial charge is 0.235 e. The second-order valence-electron chi connectivity index (χ2n) is 6.19. The van der Waals surface area contributed by atoms with Crippen molar-refractivity contribution in [2.75, 3.05) is 7.11 Å². The number of methoxy groups -OCH3 is 1. The van der Waals surface area contributed by atoms with Crippen molar-refractivity contribution in [3.8, 4) is 28.6 Å². The van der Waals surface area contributed by atoms with Crippen molar-refractivity contribution >= 4 is 11.0 Å². The van der Waals surface area contributed by atoms with Crippen molar-refractivity contribution < 1.29 is 19.0 Å². The number of benzene rings is 2. The normalized spacial score (nSPS) is 11.4. The molecular formula is C21H20O5. The van der Waals surface area contributed by atoms with Crippen LogP contribution in [0.25, 0.3) is 22.3 Å². The molecule has 3 aromatic rings. The van der Waals surface area contributed by atoms with Gasteiger partial charge in [-0.15, -0.1) is 0 Å². The summed E-state index contributed by atoms with van der Waals surface area (Å²) in [6.45, 7) is 4.09. The van der Waals surface area contributed by atoms with Gasteiger partial charge >= 0.3 is 0 Å². The topological polar surface area (TPSA) is 68.9 Å². The fourth-order valence-electron chi connectivity index (χ4n) is 2.47. The molecule has 1 N–H and O–H groups in total. The van der Waals surface area contributed by atoms with Gasteiger partial charge in [-0.1, -0.05) is 26.0 Å². The van der Waals surface area contributed by atoms with Gasteiger partial charge in [-0.25, -0.2) is 0 Å². The highest BCUT2D eigenvalue weighted by atomic mass is 16.5. The molecule has 5 heteroatoms. The van der Waals surface area contributed by atoms with Crippen LogP contribution < -0.4 is 14.9 Å². The van der Waals surface area contributed by atoms with Gasteiger partial charge in [0.2, 0.25) is 11.2 Å². The van der Waals surface area contributed by atoms with Crippen LogP contribution in [-0.4, -0.2) is 12.2 Å². The number of allylic oxidation sites excluding steroid dienone is 1. The van der Waals surface area contributed by atoms with Gasteiger partial charge in [-0.2, -0.15) is 0 Å². The molecule has 5 nitrogen and oxygen atoms in total. The van der Waals surface area contributed by atoms with E-state index in [9.17, 15) is 9.90 Å². The lowest BCUT2D eigenvalue weighted by Crippen LogP contribution is -2.02. The average molecular weight is 352 g/mol. The molecule has 1 aromatic heterocycles. The Morgan fingerprint density at radius 3 is 2.65 bits per heavy atom. The largest absolute Gasteiger partial charge is 0.502 e. The summed E-state index contributed by atoms with van der Waals surface area (Å²) in [6, 6.07) is 11.8. The number of rotatable bonds is 5. The van der Waals surface area contributed by atoms with Crippen LogP contribution in [0.3, 0.4) is 0 Å². The van der Waals surface area contributed by atoms with E-state index in [1.807, 2.05) is 19.9 Å². The van der Waals surface area contributed by atoms with E-state index >= 15 is 0 Å². The summed E-state index contributed by atoms with van der Waals surface area (Å²) in [5.41, 5.74) is 0.390. The summed E-state index contributed by atoms with van der Waals surface area (Å²) < 4.78 is 16.6. The Morgan fingerprint density at radius 2 is 1.92 bits per heavy atom. The molecule has 1 heterocycles. The Balaban J connectivity index is 2.09. The first-order valence-corrected chi connectivity index (χ1v) is 8.27. The molecule has 0 aliphatic rings. The van der Waals surface area contributed by atoms with E-state index in [4.69, 9.17) is 13.9 Å². The van der Waals surface area contributed by atoms with Crippen LogP contribution in [0.5, 0.6) is 17.2 Å². The van der Waals surface area contributed by atoms with Crippen LogP contribution in [0.2, 0.25) is 0 Å². The molecule has 0 spiro atoms. The van der Waals surface area contributed by atoms with Gasteiger partial charge in [0, 0.05) is 11.6 Å². The Kier molecular flexibility index (Phi) is 4.98. The van der Waals surface area contributed by atoms with Gasteiger partial charge in [0.1, 0.15) is 17.1 Å². The van der Waals surface area contributed by atoms with Crippen LogP contribution in [0.4, 0.5) is 0 Å². The monoisotopic (exact) mass is 352 g/mol. The van der Waals surface area contributed by atoms with Crippen LogP contribution in [0.1, 0.15) is 13.8 Å². The third-order valence-corrected chi connectivity index (χ3v) is 3.84. The molecule has 0 bridgehead atoms. The van der Waals surface area contributed by atoms with Crippen molar-refractivity contribution in [2.24, 2.45) is 5.92 Å². The SMILES string of the molecule is COc1cccc(-c2oc3cc(OC=CC(C)C)ccc3c(=O)c2O)c1. The highest BCUT2D eigenvalue weighted by Crippen LogP contribution is 2.32. The number of fused-ring (bicyclic) bond motifs is 1. The van der Waals surface area contributed by atoms with Crippen molar-refractivity contribution in [1.82, 2.24) is 0 Å². The molecule has 0 aliphatic heterocycles. The van der Waals surface area contributed by atoms with E-state index < -0.39 is 11.2 Å². The average Bonchev–Trinajstić information content (AvgIpc) is 2.64. The molecule has 26 heavy (non-hydrogen) atoms. The maximum Gasteiger partial charge on any atom is 0.235 e. The van der Waals surface area contributed by atoms with Crippen LogP contribution >= 0.6 is 0 Å². The predicted octanol–water partition coefficient (Wildman–Crippen LogP) is 4.72. The first-order chi connectivity index (χ1) is 12.5. The van der Waals surface area contributed by atoms with E-state index in [-0.39, 0.29) is 11.1 Å². The molecule has 0 atom stereocenters. The highest BCUT2D eigenvalue weighted by Gasteiger charge is 2.16. The molecule has 3 rings (SSSR count). The molecular weight excluding hydrogens is 332 g/mol. The third kappa shape index (κ3) is 3.57. The zero-order chi connectivity index (χ0) is 18.7. The highest BCUT2D eigenvalue weighted by molar-refractivity contribution is 5.83. The minimum atomic E-state index is -0.492. The van der Waals surface area contributed by atoms with E-state index in [1.165, 1.54) is 0 Å².